The van der Waals surface area contributed by atoms with Crippen LogP contribution >= 0.6 is 0 Å². The van der Waals surface area contributed by atoms with E-state index >= 15 is 0 Å². The Labute approximate surface area is 117 Å². The van der Waals surface area contributed by atoms with Gasteiger partial charge in [0.1, 0.15) is 17.2 Å². The van der Waals surface area contributed by atoms with Crippen molar-refractivity contribution in [2.75, 3.05) is 13.7 Å². The number of ether oxygens (including phenoxy) is 3. The summed E-state index contributed by atoms with van der Waals surface area (Å²) in [7, 11) is 1.35. The van der Waals surface area contributed by atoms with E-state index in [0.717, 1.165) is 10.9 Å². The van der Waals surface area contributed by atoms with Gasteiger partial charge in [0.15, 0.2) is 0 Å². The fourth-order valence-electron chi connectivity index (χ4n) is 2.00. The van der Waals surface area contributed by atoms with Gasteiger partial charge >= 0.3 is 5.97 Å². The second-order valence-corrected chi connectivity index (χ2v) is 4.66. The Morgan fingerprint density at radius 2 is 2.05 bits per heavy atom. The summed E-state index contributed by atoms with van der Waals surface area (Å²) in [5, 5.41) is 0.836. The first kappa shape index (κ1) is 14.2. The van der Waals surface area contributed by atoms with Crippen molar-refractivity contribution in [3.05, 3.63) is 23.9 Å². The highest BCUT2D eigenvalue weighted by Crippen LogP contribution is 2.32. The van der Waals surface area contributed by atoms with E-state index < -0.39 is 5.97 Å². The normalized spacial score (nSPS) is 10.8. The standard InChI is InChI=1S/C15H19NO4/c1-5-19-10-6-12-11(14(7-10)20-9(2)3)8-13(16-12)15(17)18-4/h6-9,16H,5H2,1-4H3. The van der Waals surface area contributed by atoms with Gasteiger partial charge in [0, 0.05) is 17.5 Å². The minimum atomic E-state index is -0.408. The van der Waals surface area contributed by atoms with E-state index in [1.807, 2.05) is 32.9 Å². The molecule has 2 aromatic rings. The molecule has 0 radical (unpaired) electrons. The average Bonchev–Trinajstić information content (AvgIpc) is 2.81. The third kappa shape index (κ3) is 2.87. The van der Waals surface area contributed by atoms with Gasteiger partial charge in [-0.2, -0.15) is 0 Å². The summed E-state index contributed by atoms with van der Waals surface area (Å²) < 4.78 is 16.0. The topological polar surface area (TPSA) is 60.6 Å². The number of fused-ring (bicyclic) bond motifs is 1. The van der Waals surface area contributed by atoms with Gasteiger partial charge in [-0.25, -0.2) is 4.79 Å². The quantitative estimate of drug-likeness (QED) is 0.853. The molecule has 0 bridgehead atoms. The van der Waals surface area contributed by atoms with Crippen LogP contribution in [-0.2, 0) is 4.74 Å². The molecule has 0 aliphatic heterocycles. The number of hydrogen-bond acceptors (Lipinski definition) is 4. The van der Waals surface area contributed by atoms with E-state index in [-0.39, 0.29) is 6.10 Å². The molecule has 0 atom stereocenters. The van der Waals surface area contributed by atoms with Crippen LogP contribution in [0.5, 0.6) is 11.5 Å². The van der Waals surface area contributed by atoms with Gasteiger partial charge in [-0.1, -0.05) is 0 Å². The Morgan fingerprint density at radius 1 is 1.30 bits per heavy atom. The number of nitrogens with one attached hydrogen (secondary N) is 1. The summed E-state index contributed by atoms with van der Waals surface area (Å²) in [6.45, 7) is 6.39. The molecule has 1 aromatic carbocycles. The van der Waals surface area contributed by atoms with Gasteiger partial charge in [-0.3, -0.25) is 0 Å². The monoisotopic (exact) mass is 277 g/mol. The minimum absolute atomic E-state index is 0.0338. The van der Waals surface area contributed by atoms with Crippen molar-refractivity contribution in [1.29, 1.82) is 0 Å². The molecule has 5 heteroatoms. The van der Waals surface area contributed by atoms with Crippen molar-refractivity contribution < 1.29 is 19.0 Å². The molecule has 0 fully saturated rings. The van der Waals surface area contributed by atoms with Crippen LogP contribution < -0.4 is 9.47 Å². The molecular weight excluding hydrogens is 258 g/mol. The molecule has 5 nitrogen and oxygen atoms in total. The van der Waals surface area contributed by atoms with Crippen LogP contribution in [0.25, 0.3) is 10.9 Å². The van der Waals surface area contributed by atoms with Crippen molar-refractivity contribution >= 4 is 16.9 Å². The number of H-pyrrole nitrogens is 1. The molecule has 1 N–H and O–H groups in total. The number of carbonyl (C=O) groups is 1. The SMILES string of the molecule is CCOc1cc(OC(C)C)c2cc(C(=O)OC)[nH]c2c1. The maximum Gasteiger partial charge on any atom is 0.354 e. The lowest BCUT2D eigenvalue weighted by Gasteiger charge is -2.12. The molecule has 0 amide bonds. The van der Waals surface area contributed by atoms with Gasteiger partial charge in [-0.05, 0) is 26.8 Å². The first-order chi connectivity index (χ1) is 9.55. The molecule has 0 aliphatic carbocycles. The zero-order chi connectivity index (χ0) is 14.7. The van der Waals surface area contributed by atoms with Crippen molar-refractivity contribution in [3.8, 4) is 11.5 Å². The predicted octanol–water partition coefficient (Wildman–Crippen LogP) is 3.14. The predicted molar refractivity (Wildman–Crippen MR) is 76.6 cm³/mol. The Hall–Kier alpha value is -2.17. The number of rotatable bonds is 5. The number of aromatic amines is 1. The molecule has 108 valence electrons. The molecule has 0 saturated heterocycles. The summed E-state index contributed by atoms with van der Waals surface area (Å²) in [4.78, 5) is 14.6. The highest BCUT2D eigenvalue weighted by Gasteiger charge is 2.15. The fourth-order valence-corrected chi connectivity index (χ4v) is 2.00. The molecular formula is C15H19NO4. The smallest absolute Gasteiger partial charge is 0.354 e. The first-order valence-electron chi connectivity index (χ1n) is 6.59. The Kier molecular flexibility index (Phi) is 4.17. The van der Waals surface area contributed by atoms with Gasteiger partial charge in [-0.15, -0.1) is 0 Å². The maximum absolute atomic E-state index is 11.6. The van der Waals surface area contributed by atoms with Gasteiger partial charge < -0.3 is 19.2 Å². The number of esters is 1. The van der Waals surface area contributed by atoms with Crippen molar-refractivity contribution in [2.24, 2.45) is 0 Å². The van der Waals surface area contributed by atoms with Crippen LogP contribution in [0.15, 0.2) is 18.2 Å². The second-order valence-electron chi connectivity index (χ2n) is 4.66. The summed E-state index contributed by atoms with van der Waals surface area (Å²) in [6.07, 6.45) is 0.0338. The minimum Gasteiger partial charge on any atom is -0.494 e. The number of hydrogen-bond donors (Lipinski definition) is 1. The Morgan fingerprint density at radius 3 is 2.65 bits per heavy atom. The molecule has 0 saturated carbocycles. The van der Waals surface area contributed by atoms with Gasteiger partial charge in [0.05, 0.1) is 25.3 Å². The molecule has 2 rings (SSSR count). The molecule has 20 heavy (non-hydrogen) atoms. The van der Waals surface area contributed by atoms with Crippen LogP contribution in [0, 0.1) is 0 Å². The van der Waals surface area contributed by atoms with Crippen LogP contribution in [0.4, 0.5) is 0 Å². The third-order valence-electron chi connectivity index (χ3n) is 2.75. The lowest BCUT2D eigenvalue weighted by atomic mass is 10.2. The highest BCUT2D eigenvalue weighted by molar-refractivity contribution is 5.97. The zero-order valence-corrected chi connectivity index (χ0v) is 12.1. The summed E-state index contributed by atoms with van der Waals surface area (Å²) in [6, 6.07) is 5.41. The fraction of sp³-hybridized carbons (Fsp3) is 0.400. The van der Waals surface area contributed by atoms with Crippen molar-refractivity contribution in [3.63, 3.8) is 0 Å². The average molecular weight is 277 g/mol. The van der Waals surface area contributed by atoms with E-state index in [4.69, 9.17) is 14.2 Å². The zero-order valence-electron chi connectivity index (χ0n) is 12.1. The van der Waals surface area contributed by atoms with Crippen LogP contribution in [0.3, 0.4) is 0 Å². The molecule has 0 spiro atoms. The van der Waals surface area contributed by atoms with Gasteiger partial charge in [0.25, 0.3) is 0 Å². The van der Waals surface area contributed by atoms with Crippen molar-refractivity contribution in [1.82, 2.24) is 4.98 Å². The lowest BCUT2D eigenvalue weighted by Crippen LogP contribution is -2.06. The third-order valence-corrected chi connectivity index (χ3v) is 2.75. The van der Waals surface area contributed by atoms with E-state index in [9.17, 15) is 4.79 Å². The summed E-state index contributed by atoms with van der Waals surface area (Å²) in [5.74, 6) is 0.982. The first-order valence-corrected chi connectivity index (χ1v) is 6.59. The largest absolute Gasteiger partial charge is 0.494 e. The highest BCUT2D eigenvalue weighted by atomic mass is 16.5. The number of carbonyl (C=O) groups excluding carboxylic acids is 1. The molecule has 1 heterocycles. The molecule has 1 aromatic heterocycles. The van der Waals surface area contributed by atoms with Gasteiger partial charge in [0.2, 0.25) is 0 Å². The maximum atomic E-state index is 11.6. The summed E-state index contributed by atoms with van der Waals surface area (Å²) in [5.41, 5.74) is 1.18. The van der Waals surface area contributed by atoms with Crippen LogP contribution in [-0.4, -0.2) is 30.8 Å². The Bertz CT molecular complexity index is 616. The molecule has 0 aliphatic rings. The van der Waals surface area contributed by atoms with Crippen LogP contribution in [0.1, 0.15) is 31.3 Å². The second kappa shape index (κ2) is 5.86. The lowest BCUT2D eigenvalue weighted by molar-refractivity contribution is 0.0595. The van der Waals surface area contributed by atoms with E-state index in [1.165, 1.54) is 7.11 Å². The number of aromatic nitrogens is 1. The van der Waals surface area contributed by atoms with E-state index in [0.29, 0.717) is 23.8 Å². The summed E-state index contributed by atoms with van der Waals surface area (Å²) >= 11 is 0. The number of benzene rings is 1. The van der Waals surface area contributed by atoms with Crippen molar-refractivity contribution in [2.45, 2.75) is 26.9 Å². The Balaban J connectivity index is 2.54. The number of methoxy groups -OCH3 is 1. The van der Waals surface area contributed by atoms with E-state index in [1.54, 1.807) is 6.07 Å². The molecule has 0 unspecified atom stereocenters. The van der Waals surface area contributed by atoms with E-state index in [2.05, 4.69) is 4.98 Å². The van der Waals surface area contributed by atoms with Crippen LogP contribution in [0.2, 0.25) is 0 Å².